The lowest BCUT2D eigenvalue weighted by Crippen LogP contribution is -2.46. The average Bonchev–Trinajstić information content (AvgIpc) is 3.20. The number of benzene rings is 1. The van der Waals surface area contributed by atoms with Crippen molar-refractivity contribution in [3.05, 3.63) is 30.5 Å². The van der Waals surface area contributed by atoms with Crippen LogP contribution in [0.1, 0.15) is 34.1 Å². The first kappa shape index (κ1) is 17.5. The van der Waals surface area contributed by atoms with Crippen LogP contribution in [0, 0.1) is 0 Å². The number of hydrogen-bond acceptors (Lipinski definition) is 5. The second kappa shape index (κ2) is 6.92. The number of H-pyrrole nitrogens is 1. The number of nitrogens with zero attached hydrogens (tertiary/aromatic N) is 2. The van der Waals surface area contributed by atoms with Crippen LogP contribution < -0.4 is 5.32 Å². The molecule has 1 unspecified atom stereocenters. The molecule has 1 amide bonds. The van der Waals surface area contributed by atoms with Crippen molar-refractivity contribution in [2.45, 2.75) is 50.1 Å². The zero-order valence-corrected chi connectivity index (χ0v) is 15.6. The van der Waals surface area contributed by atoms with E-state index >= 15 is 0 Å². The Morgan fingerprint density at radius 3 is 2.88 bits per heavy atom. The molecule has 0 aliphatic heterocycles. The molecule has 0 aliphatic carbocycles. The molecule has 0 aliphatic rings. The van der Waals surface area contributed by atoms with Gasteiger partial charge < -0.3 is 14.7 Å². The highest BCUT2D eigenvalue weighted by Gasteiger charge is 2.24. The molecule has 3 aromatic rings. The summed E-state index contributed by atoms with van der Waals surface area (Å²) in [7, 11) is 0. The normalized spacial score (nSPS) is 13.1. The van der Waals surface area contributed by atoms with Crippen LogP contribution in [-0.2, 0) is 4.79 Å². The summed E-state index contributed by atoms with van der Waals surface area (Å²) in [5.41, 5.74) is 1.65. The molecule has 1 atom stereocenters. The molecule has 0 bridgehead atoms. The number of carbonyl (C=O) groups is 1. The molecular formula is C18H22N4O2S. The Bertz CT molecular complexity index is 884. The van der Waals surface area contributed by atoms with Gasteiger partial charge in [0, 0.05) is 22.6 Å². The molecule has 0 fully saturated rings. The average molecular weight is 358 g/mol. The Morgan fingerprint density at radius 2 is 2.12 bits per heavy atom. The van der Waals surface area contributed by atoms with E-state index < -0.39 is 0 Å². The van der Waals surface area contributed by atoms with Crippen LogP contribution in [0.2, 0.25) is 0 Å². The first-order valence-corrected chi connectivity index (χ1v) is 9.16. The molecule has 132 valence electrons. The summed E-state index contributed by atoms with van der Waals surface area (Å²) in [6.45, 7) is 7.89. The molecule has 3 rings (SSSR count). The zero-order valence-electron chi connectivity index (χ0n) is 14.8. The van der Waals surface area contributed by atoms with E-state index in [9.17, 15) is 4.79 Å². The van der Waals surface area contributed by atoms with Crippen molar-refractivity contribution in [3.8, 4) is 11.5 Å². The van der Waals surface area contributed by atoms with Crippen LogP contribution in [0.15, 0.2) is 40.1 Å². The van der Waals surface area contributed by atoms with E-state index in [0.29, 0.717) is 11.1 Å². The fourth-order valence-electron chi connectivity index (χ4n) is 2.34. The van der Waals surface area contributed by atoms with Gasteiger partial charge in [0.15, 0.2) is 0 Å². The molecule has 6 nitrogen and oxygen atoms in total. The van der Waals surface area contributed by atoms with Gasteiger partial charge in [-0.3, -0.25) is 4.79 Å². The third-order valence-electron chi connectivity index (χ3n) is 4.22. The Balaban J connectivity index is 1.72. The third kappa shape index (κ3) is 3.87. The first-order valence-electron chi connectivity index (χ1n) is 8.28. The molecule has 2 N–H and O–H groups in total. The van der Waals surface area contributed by atoms with Crippen molar-refractivity contribution < 1.29 is 9.21 Å². The molecule has 0 saturated carbocycles. The van der Waals surface area contributed by atoms with E-state index in [1.54, 1.807) is 0 Å². The van der Waals surface area contributed by atoms with Gasteiger partial charge >= 0.3 is 0 Å². The summed E-state index contributed by atoms with van der Waals surface area (Å²) in [6, 6.07) is 7.93. The Hall–Kier alpha value is -2.28. The summed E-state index contributed by atoms with van der Waals surface area (Å²) in [5, 5.41) is 12.3. The van der Waals surface area contributed by atoms with Gasteiger partial charge in [-0.1, -0.05) is 36.9 Å². The van der Waals surface area contributed by atoms with Gasteiger partial charge in [0.1, 0.15) is 0 Å². The highest BCUT2D eigenvalue weighted by molar-refractivity contribution is 8.00. The van der Waals surface area contributed by atoms with Crippen molar-refractivity contribution in [2.75, 3.05) is 0 Å². The number of rotatable bonds is 6. The molecule has 7 heteroatoms. The number of hydrogen-bond donors (Lipinski definition) is 2. The van der Waals surface area contributed by atoms with Crippen molar-refractivity contribution in [1.29, 1.82) is 0 Å². The summed E-state index contributed by atoms with van der Waals surface area (Å²) in [4.78, 5) is 15.5. The second-order valence-electron chi connectivity index (χ2n) is 6.61. The van der Waals surface area contributed by atoms with E-state index in [-0.39, 0.29) is 16.7 Å². The largest absolute Gasteiger partial charge is 0.411 e. The van der Waals surface area contributed by atoms with Crippen LogP contribution in [0.3, 0.4) is 0 Å². The van der Waals surface area contributed by atoms with Gasteiger partial charge in [-0.25, -0.2) is 0 Å². The molecule has 25 heavy (non-hydrogen) atoms. The van der Waals surface area contributed by atoms with Crippen LogP contribution in [0.5, 0.6) is 0 Å². The maximum absolute atomic E-state index is 12.3. The predicted molar refractivity (Wildman–Crippen MR) is 99.4 cm³/mol. The Morgan fingerprint density at radius 1 is 1.36 bits per heavy atom. The van der Waals surface area contributed by atoms with Crippen molar-refractivity contribution >= 4 is 28.6 Å². The van der Waals surface area contributed by atoms with E-state index in [2.05, 4.69) is 20.5 Å². The fourth-order valence-corrected chi connectivity index (χ4v) is 3.03. The topological polar surface area (TPSA) is 83.8 Å². The highest BCUT2D eigenvalue weighted by Crippen LogP contribution is 2.30. The molecular weight excluding hydrogens is 336 g/mol. The van der Waals surface area contributed by atoms with E-state index in [4.69, 9.17) is 4.42 Å². The fraction of sp³-hybridized carbons (Fsp3) is 0.389. The molecule has 2 aromatic heterocycles. The molecule has 0 spiro atoms. The highest BCUT2D eigenvalue weighted by atomic mass is 32.2. The SMILES string of the molecule is CCC(C)(C)NC(=O)C(C)Sc1nnc(-c2c[nH]c3ccccc23)o1. The Labute approximate surface area is 150 Å². The lowest BCUT2D eigenvalue weighted by Gasteiger charge is -2.25. The number of aromatic nitrogens is 3. The van der Waals surface area contributed by atoms with Gasteiger partial charge in [0.2, 0.25) is 5.91 Å². The number of carbonyl (C=O) groups excluding carboxylic acids is 1. The lowest BCUT2D eigenvalue weighted by molar-refractivity contribution is -0.121. The lowest BCUT2D eigenvalue weighted by atomic mass is 10.0. The van der Waals surface area contributed by atoms with Crippen LogP contribution in [0.25, 0.3) is 22.4 Å². The van der Waals surface area contributed by atoms with Crippen molar-refractivity contribution in [1.82, 2.24) is 20.5 Å². The maximum atomic E-state index is 12.3. The van der Waals surface area contributed by atoms with Crippen LogP contribution in [0.4, 0.5) is 0 Å². The number of aromatic amines is 1. The van der Waals surface area contributed by atoms with Crippen molar-refractivity contribution in [2.24, 2.45) is 0 Å². The number of nitrogens with one attached hydrogen (secondary N) is 2. The first-order chi connectivity index (χ1) is 11.9. The molecule has 0 saturated heterocycles. The summed E-state index contributed by atoms with van der Waals surface area (Å²) in [5.74, 6) is 0.408. The molecule has 2 heterocycles. The van der Waals surface area contributed by atoms with E-state index in [1.807, 2.05) is 58.2 Å². The third-order valence-corrected chi connectivity index (χ3v) is 5.15. The second-order valence-corrected chi connectivity index (χ2v) is 7.90. The summed E-state index contributed by atoms with van der Waals surface area (Å²) < 4.78 is 5.75. The van der Waals surface area contributed by atoms with E-state index in [0.717, 1.165) is 22.9 Å². The van der Waals surface area contributed by atoms with E-state index in [1.165, 1.54) is 11.8 Å². The Kier molecular flexibility index (Phi) is 4.85. The smallest absolute Gasteiger partial charge is 0.277 e. The number of amides is 1. The monoisotopic (exact) mass is 358 g/mol. The van der Waals surface area contributed by atoms with Gasteiger partial charge in [0.05, 0.1) is 10.8 Å². The standard InChI is InChI=1S/C18H22N4O2S/c1-5-18(3,4)20-15(23)11(2)25-17-22-21-16(24-17)13-10-19-14-9-7-6-8-12(13)14/h6-11,19H,5H2,1-4H3,(H,20,23). The minimum atomic E-state index is -0.318. The zero-order chi connectivity index (χ0) is 18.0. The number of thioether (sulfide) groups is 1. The van der Waals surface area contributed by atoms with Crippen LogP contribution in [-0.4, -0.2) is 31.9 Å². The van der Waals surface area contributed by atoms with Gasteiger partial charge in [0.25, 0.3) is 11.1 Å². The van der Waals surface area contributed by atoms with Gasteiger partial charge in [-0.15, -0.1) is 10.2 Å². The summed E-state index contributed by atoms with van der Waals surface area (Å²) in [6.07, 6.45) is 2.72. The van der Waals surface area contributed by atoms with Crippen molar-refractivity contribution in [3.63, 3.8) is 0 Å². The molecule has 0 radical (unpaired) electrons. The quantitative estimate of drug-likeness (QED) is 0.651. The maximum Gasteiger partial charge on any atom is 0.277 e. The number of para-hydroxylation sites is 1. The minimum absolute atomic E-state index is 0.0382. The molecule has 1 aromatic carbocycles. The minimum Gasteiger partial charge on any atom is -0.411 e. The summed E-state index contributed by atoms with van der Waals surface area (Å²) >= 11 is 1.26. The number of fused-ring (bicyclic) bond motifs is 1. The van der Waals surface area contributed by atoms with Crippen LogP contribution >= 0.6 is 11.8 Å². The predicted octanol–water partition coefficient (Wildman–Crippen LogP) is 4.00. The van der Waals surface area contributed by atoms with Gasteiger partial charge in [-0.05, 0) is 33.3 Å². The van der Waals surface area contributed by atoms with Gasteiger partial charge in [-0.2, -0.15) is 0 Å².